The quantitative estimate of drug-likeness (QED) is 0.651. The highest BCUT2D eigenvalue weighted by Crippen LogP contribution is 2.27. The summed E-state index contributed by atoms with van der Waals surface area (Å²) in [5.74, 6) is 6.62. The van der Waals surface area contributed by atoms with Gasteiger partial charge in [0.25, 0.3) is 0 Å². The standard InChI is InChI=1S/C16H22N4O/c1-10-9-19-14(11(2)16(10)21-4)8-15(20-17)13-6-5-7-18-12(13)3/h5-7,9,15,20H,8,17H2,1-4H3. The van der Waals surface area contributed by atoms with E-state index in [1.807, 2.05) is 39.1 Å². The predicted octanol–water partition coefficient (Wildman–Crippen LogP) is 2.16. The highest BCUT2D eigenvalue weighted by atomic mass is 16.5. The van der Waals surface area contributed by atoms with Crippen LogP contribution in [0.5, 0.6) is 5.75 Å². The minimum atomic E-state index is -0.0303. The number of rotatable bonds is 5. The highest BCUT2D eigenvalue weighted by Gasteiger charge is 2.17. The summed E-state index contributed by atoms with van der Waals surface area (Å²) in [6.45, 7) is 6.00. The first-order valence-corrected chi connectivity index (χ1v) is 6.95. The Bertz CT molecular complexity index is 628. The Kier molecular flexibility index (Phi) is 4.88. The number of ether oxygens (including phenoxy) is 1. The normalized spacial score (nSPS) is 12.2. The minimum Gasteiger partial charge on any atom is -0.496 e. The summed E-state index contributed by atoms with van der Waals surface area (Å²) in [6, 6.07) is 3.92. The molecule has 0 radical (unpaired) electrons. The number of hydrazine groups is 1. The van der Waals surface area contributed by atoms with Gasteiger partial charge in [-0.2, -0.15) is 0 Å². The number of nitrogens with one attached hydrogen (secondary N) is 1. The van der Waals surface area contributed by atoms with Crippen molar-refractivity contribution in [2.45, 2.75) is 33.2 Å². The first kappa shape index (κ1) is 15.4. The highest BCUT2D eigenvalue weighted by molar-refractivity contribution is 5.41. The molecule has 2 aromatic rings. The smallest absolute Gasteiger partial charge is 0.128 e. The van der Waals surface area contributed by atoms with Crippen LogP contribution in [0.25, 0.3) is 0 Å². The fraction of sp³-hybridized carbons (Fsp3) is 0.375. The topological polar surface area (TPSA) is 73.1 Å². The Morgan fingerprint density at radius 2 is 2.05 bits per heavy atom. The van der Waals surface area contributed by atoms with Crippen LogP contribution in [0.3, 0.4) is 0 Å². The fourth-order valence-electron chi connectivity index (χ4n) is 2.59. The number of pyridine rings is 2. The third kappa shape index (κ3) is 3.20. The molecule has 1 unspecified atom stereocenters. The maximum Gasteiger partial charge on any atom is 0.128 e. The lowest BCUT2D eigenvalue weighted by Gasteiger charge is -2.19. The molecule has 0 aliphatic rings. The summed E-state index contributed by atoms with van der Waals surface area (Å²) < 4.78 is 5.46. The van der Waals surface area contributed by atoms with Crippen molar-refractivity contribution >= 4 is 0 Å². The van der Waals surface area contributed by atoms with Gasteiger partial charge < -0.3 is 4.74 Å². The minimum absolute atomic E-state index is 0.0303. The molecule has 0 bridgehead atoms. The summed E-state index contributed by atoms with van der Waals surface area (Å²) >= 11 is 0. The van der Waals surface area contributed by atoms with Gasteiger partial charge in [0.1, 0.15) is 5.75 Å². The summed E-state index contributed by atoms with van der Waals surface area (Å²) in [5, 5.41) is 0. The lowest BCUT2D eigenvalue weighted by atomic mass is 9.98. The van der Waals surface area contributed by atoms with Gasteiger partial charge in [0.2, 0.25) is 0 Å². The Morgan fingerprint density at radius 1 is 1.29 bits per heavy atom. The Hall–Kier alpha value is -1.98. The van der Waals surface area contributed by atoms with Crippen LogP contribution >= 0.6 is 0 Å². The third-order valence-corrected chi connectivity index (χ3v) is 3.77. The molecule has 0 fully saturated rings. The second-order valence-corrected chi connectivity index (χ2v) is 5.15. The van der Waals surface area contributed by atoms with Gasteiger partial charge in [-0.15, -0.1) is 0 Å². The van der Waals surface area contributed by atoms with Crippen LogP contribution in [0.2, 0.25) is 0 Å². The van der Waals surface area contributed by atoms with Crippen molar-refractivity contribution in [2.24, 2.45) is 5.84 Å². The van der Waals surface area contributed by atoms with E-state index in [1.165, 1.54) is 0 Å². The molecule has 2 aromatic heterocycles. The van der Waals surface area contributed by atoms with Gasteiger partial charge in [-0.25, -0.2) is 0 Å². The van der Waals surface area contributed by atoms with Crippen LogP contribution in [0.4, 0.5) is 0 Å². The number of hydrogen-bond acceptors (Lipinski definition) is 5. The van der Waals surface area contributed by atoms with E-state index in [0.29, 0.717) is 6.42 Å². The van der Waals surface area contributed by atoms with Crippen LogP contribution in [-0.2, 0) is 6.42 Å². The van der Waals surface area contributed by atoms with Crippen molar-refractivity contribution in [2.75, 3.05) is 7.11 Å². The molecule has 21 heavy (non-hydrogen) atoms. The fourth-order valence-corrected chi connectivity index (χ4v) is 2.59. The van der Waals surface area contributed by atoms with Crippen LogP contribution in [0.15, 0.2) is 24.5 Å². The van der Waals surface area contributed by atoms with E-state index in [2.05, 4.69) is 15.4 Å². The molecule has 0 amide bonds. The number of methoxy groups -OCH3 is 1. The molecule has 2 rings (SSSR count). The van der Waals surface area contributed by atoms with Gasteiger partial charge in [-0.05, 0) is 32.4 Å². The largest absolute Gasteiger partial charge is 0.496 e. The summed E-state index contributed by atoms with van der Waals surface area (Å²) in [5.41, 5.74) is 7.99. The van der Waals surface area contributed by atoms with Gasteiger partial charge in [0.15, 0.2) is 0 Å². The van der Waals surface area contributed by atoms with Crippen molar-refractivity contribution in [1.82, 2.24) is 15.4 Å². The van der Waals surface area contributed by atoms with Gasteiger partial charge in [-0.3, -0.25) is 21.2 Å². The van der Waals surface area contributed by atoms with Crippen molar-refractivity contribution in [3.8, 4) is 5.75 Å². The van der Waals surface area contributed by atoms with E-state index >= 15 is 0 Å². The van der Waals surface area contributed by atoms with Gasteiger partial charge in [0, 0.05) is 41.3 Å². The lowest BCUT2D eigenvalue weighted by Crippen LogP contribution is -2.30. The van der Waals surface area contributed by atoms with E-state index < -0.39 is 0 Å². The number of nitrogens with zero attached hydrogens (tertiary/aromatic N) is 2. The Labute approximate surface area is 125 Å². The third-order valence-electron chi connectivity index (χ3n) is 3.77. The van der Waals surface area contributed by atoms with E-state index in [-0.39, 0.29) is 6.04 Å². The Morgan fingerprint density at radius 3 is 2.67 bits per heavy atom. The molecule has 3 N–H and O–H groups in total. The predicted molar refractivity (Wildman–Crippen MR) is 83.0 cm³/mol. The average molecular weight is 286 g/mol. The molecular weight excluding hydrogens is 264 g/mol. The molecule has 5 nitrogen and oxygen atoms in total. The van der Waals surface area contributed by atoms with Crippen molar-refractivity contribution in [3.05, 3.63) is 52.6 Å². The van der Waals surface area contributed by atoms with Gasteiger partial charge in [0.05, 0.1) is 13.2 Å². The second-order valence-electron chi connectivity index (χ2n) is 5.15. The molecule has 112 valence electrons. The summed E-state index contributed by atoms with van der Waals surface area (Å²) in [4.78, 5) is 8.85. The van der Waals surface area contributed by atoms with Crippen molar-refractivity contribution < 1.29 is 4.74 Å². The van der Waals surface area contributed by atoms with Crippen LogP contribution < -0.4 is 16.0 Å². The van der Waals surface area contributed by atoms with E-state index in [0.717, 1.165) is 33.8 Å². The maximum atomic E-state index is 5.74. The van der Waals surface area contributed by atoms with Crippen LogP contribution in [0, 0.1) is 20.8 Å². The first-order valence-electron chi connectivity index (χ1n) is 6.95. The molecule has 0 spiro atoms. The summed E-state index contributed by atoms with van der Waals surface area (Å²) in [6.07, 6.45) is 4.31. The van der Waals surface area contributed by atoms with Gasteiger partial charge in [-0.1, -0.05) is 6.07 Å². The first-order chi connectivity index (χ1) is 10.1. The van der Waals surface area contributed by atoms with Crippen molar-refractivity contribution in [3.63, 3.8) is 0 Å². The van der Waals surface area contributed by atoms with Crippen LogP contribution in [-0.4, -0.2) is 17.1 Å². The molecule has 5 heteroatoms. The zero-order valence-electron chi connectivity index (χ0n) is 13.0. The van der Waals surface area contributed by atoms with Gasteiger partial charge >= 0.3 is 0 Å². The van der Waals surface area contributed by atoms with E-state index in [9.17, 15) is 0 Å². The lowest BCUT2D eigenvalue weighted by molar-refractivity contribution is 0.406. The number of aryl methyl sites for hydroxylation is 2. The number of aromatic nitrogens is 2. The molecule has 0 aliphatic heterocycles. The monoisotopic (exact) mass is 286 g/mol. The summed E-state index contributed by atoms with van der Waals surface area (Å²) in [7, 11) is 1.68. The molecular formula is C16H22N4O. The molecule has 2 heterocycles. The average Bonchev–Trinajstić information content (AvgIpc) is 2.48. The molecule has 0 saturated carbocycles. The molecule has 0 saturated heterocycles. The van der Waals surface area contributed by atoms with Crippen LogP contribution in [0.1, 0.15) is 34.1 Å². The maximum absolute atomic E-state index is 5.74. The van der Waals surface area contributed by atoms with E-state index in [4.69, 9.17) is 10.6 Å². The zero-order valence-corrected chi connectivity index (χ0v) is 13.0. The molecule has 0 aliphatic carbocycles. The number of nitrogens with two attached hydrogens (primary N) is 1. The molecule has 1 atom stereocenters. The number of hydrogen-bond donors (Lipinski definition) is 2. The second kappa shape index (κ2) is 6.65. The molecule has 0 aromatic carbocycles. The zero-order chi connectivity index (χ0) is 15.4. The Balaban J connectivity index is 2.34. The SMILES string of the molecule is COc1c(C)cnc(CC(NN)c2cccnc2C)c1C. The van der Waals surface area contributed by atoms with E-state index in [1.54, 1.807) is 13.3 Å². The van der Waals surface area contributed by atoms with Crippen molar-refractivity contribution in [1.29, 1.82) is 0 Å².